The fourth-order valence-electron chi connectivity index (χ4n) is 6.61. The molecule has 0 aliphatic heterocycles. The molecule has 0 fully saturated rings. The maximum Gasteiger partial charge on any atom is 0.161 e. The Balaban J connectivity index is 1.30. The molecule has 8 rings (SSSR count). The zero-order chi connectivity index (χ0) is 28.3. The molecule has 1 N–H and O–H groups in total. The van der Waals surface area contributed by atoms with E-state index >= 15 is 0 Å². The molecule has 3 heteroatoms. The summed E-state index contributed by atoms with van der Waals surface area (Å²) >= 11 is 0. The van der Waals surface area contributed by atoms with Crippen LogP contribution in [-0.2, 0) is 5.41 Å². The van der Waals surface area contributed by atoms with E-state index in [1.165, 1.54) is 22.3 Å². The van der Waals surface area contributed by atoms with E-state index < -0.39 is 0 Å². The van der Waals surface area contributed by atoms with E-state index in [9.17, 15) is 0 Å². The van der Waals surface area contributed by atoms with Gasteiger partial charge in [0, 0.05) is 27.9 Å². The monoisotopic (exact) mass is 542 g/mol. The van der Waals surface area contributed by atoms with Crippen LogP contribution >= 0.6 is 0 Å². The average molecular weight is 543 g/mol. The lowest BCUT2D eigenvalue weighted by Gasteiger charge is -2.26. The zero-order valence-electron chi connectivity index (χ0n) is 23.6. The number of hydrogen-bond acceptors (Lipinski definition) is 3. The highest BCUT2D eigenvalue weighted by Gasteiger charge is 2.35. The van der Waals surface area contributed by atoms with Gasteiger partial charge >= 0.3 is 0 Å². The minimum Gasteiger partial charge on any atom is -0.454 e. The van der Waals surface area contributed by atoms with Gasteiger partial charge in [-0.1, -0.05) is 98.8 Å². The molecule has 6 aromatic carbocycles. The molecule has 7 aromatic rings. The number of para-hydroxylation sites is 3. The molecular weight excluding hydrogens is 512 g/mol. The van der Waals surface area contributed by atoms with Crippen LogP contribution in [0.5, 0.6) is 0 Å². The van der Waals surface area contributed by atoms with Gasteiger partial charge in [0.15, 0.2) is 5.58 Å². The van der Waals surface area contributed by atoms with E-state index in [1.807, 2.05) is 24.3 Å². The summed E-state index contributed by atoms with van der Waals surface area (Å²) in [7, 11) is 0. The van der Waals surface area contributed by atoms with Crippen LogP contribution in [-0.4, -0.2) is 0 Å². The topological polar surface area (TPSA) is 28.4 Å². The Morgan fingerprint density at radius 3 is 2.00 bits per heavy atom. The van der Waals surface area contributed by atoms with Crippen LogP contribution in [0.25, 0.3) is 33.1 Å². The number of nitrogens with zero attached hydrogens (tertiary/aromatic N) is 1. The van der Waals surface area contributed by atoms with Crippen molar-refractivity contribution in [3.63, 3.8) is 0 Å². The van der Waals surface area contributed by atoms with Gasteiger partial charge in [-0.15, -0.1) is 0 Å². The molecule has 1 aromatic heterocycles. The molecule has 0 radical (unpaired) electrons. The van der Waals surface area contributed by atoms with Crippen LogP contribution in [0.1, 0.15) is 25.0 Å². The summed E-state index contributed by atoms with van der Waals surface area (Å²) in [6.45, 7) is 4.64. The number of furan rings is 1. The molecule has 42 heavy (non-hydrogen) atoms. The number of rotatable bonds is 5. The van der Waals surface area contributed by atoms with E-state index in [-0.39, 0.29) is 5.41 Å². The van der Waals surface area contributed by atoms with Crippen LogP contribution in [0.15, 0.2) is 144 Å². The van der Waals surface area contributed by atoms with E-state index in [1.54, 1.807) is 0 Å². The average Bonchev–Trinajstić information content (AvgIpc) is 3.53. The molecule has 1 aliphatic carbocycles. The van der Waals surface area contributed by atoms with Gasteiger partial charge in [-0.3, -0.25) is 0 Å². The summed E-state index contributed by atoms with van der Waals surface area (Å²) in [6, 6.07) is 49.1. The van der Waals surface area contributed by atoms with E-state index in [4.69, 9.17) is 4.42 Å². The number of benzene rings is 6. The Hall–Kier alpha value is -5.28. The number of anilines is 5. The van der Waals surface area contributed by atoms with E-state index in [2.05, 4.69) is 139 Å². The molecular formula is C39H30N2O. The first-order chi connectivity index (χ1) is 20.6. The summed E-state index contributed by atoms with van der Waals surface area (Å²) in [5.74, 6) is 0. The molecule has 0 atom stereocenters. The highest BCUT2D eigenvalue weighted by Crippen LogP contribution is 2.50. The van der Waals surface area contributed by atoms with Gasteiger partial charge < -0.3 is 14.6 Å². The molecule has 0 amide bonds. The third-order valence-electron chi connectivity index (χ3n) is 8.64. The summed E-state index contributed by atoms with van der Waals surface area (Å²) in [5, 5.41) is 5.95. The van der Waals surface area contributed by atoms with Crippen LogP contribution in [0.3, 0.4) is 0 Å². The van der Waals surface area contributed by atoms with Gasteiger partial charge in [-0.2, -0.15) is 0 Å². The minimum absolute atomic E-state index is 0.0585. The molecule has 1 aliphatic rings. The SMILES string of the molecule is CC1(C)c2ccccc2-c2ccc(Nc3ccc(N(c4ccccc4)c4ccccc4)c4oc5ccccc5c34)cc21. The van der Waals surface area contributed by atoms with Gasteiger partial charge in [0.25, 0.3) is 0 Å². The summed E-state index contributed by atoms with van der Waals surface area (Å²) < 4.78 is 6.65. The van der Waals surface area contributed by atoms with Crippen molar-refractivity contribution in [2.45, 2.75) is 19.3 Å². The van der Waals surface area contributed by atoms with Gasteiger partial charge in [-0.25, -0.2) is 0 Å². The lowest BCUT2D eigenvalue weighted by molar-refractivity contribution is 0.660. The molecule has 0 bridgehead atoms. The second-order valence-corrected chi connectivity index (χ2v) is 11.5. The van der Waals surface area contributed by atoms with Gasteiger partial charge in [-0.05, 0) is 76.9 Å². The Morgan fingerprint density at radius 2 is 1.24 bits per heavy atom. The highest BCUT2D eigenvalue weighted by atomic mass is 16.3. The fourth-order valence-corrected chi connectivity index (χ4v) is 6.61. The third-order valence-corrected chi connectivity index (χ3v) is 8.64. The van der Waals surface area contributed by atoms with Crippen molar-refractivity contribution in [1.29, 1.82) is 0 Å². The molecule has 0 saturated heterocycles. The quantitative estimate of drug-likeness (QED) is 0.234. The zero-order valence-corrected chi connectivity index (χ0v) is 23.6. The van der Waals surface area contributed by atoms with Gasteiger partial charge in [0.05, 0.1) is 16.8 Å². The lowest BCUT2D eigenvalue weighted by Crippen LogP contribution is -2.15. The maximum absolute atomic E-state index is 6.65. The Labute approximate surface area is 245 Å². The van der Waals surface area contributed by atoms with Gasteiger partial charge in [0.2, 0.25) is 0 Å². The van der Waals surface area contributed by atoms with Crippen LogP contribution in [0, 0.1) is 0 Å². The molecule has 0 spiro atoms. The van der Waals surface area contributed by atoms with Crippen molar-refractivity contribution in [2.24, 2.45) is 0 Å². The first kappa shape index (κ1) is 24.5. The van der Waals surface area contributed by atoms with E-state index in [0.29, 0.717) is 0 Å². The summed E-state index contributed by atoms with van der Waals surface area (Å²) in [5.41, 5.74) is 12.3. The highest BCUT2D eigenvalue weighted by molar-refractivity contribution is 6.16. The second kappa shape index (κ2) is 9.39. The fraction of sp³-hybridized carbons (Fsp3) is 0.0769. The number of nitrogens with one attached hydrogen (secondary N) is 1. The Morgan fingerprint density at radius 1 is 0.595 bits per heavy atom. The van der Waals surface area contributed by atoms with Crippen molar-refractivity contribution in [3.05, 3.63) is 151 Å². The van der Waals surface area contributed by atoms with Gasteiger partial charge in [0.1, 0.15) is 5.58 Å². The Bertz CT molecular complexity index is 2050. The standard InChI is InChI=1S/C39H30N2O/c1-39(2)32-19-11-9-17-29(32)30-22-21-26(25-33(30)39)40-34-23-24-35(38-37(34)31-18-10-12-20-36(31)42-38)41(27-13-5-3-6-14-27)28-15-7-4-8-16-28/h3-25,40H,1-2H3. The van der Waals surface area contributed by atoms with Crippen molar-refractivity contribution < 1.29 is 4.42 Å². The normalized spacial score (nSPS) is 13.2. The first-order valence-corrected chi connectivity index (χ1v) is 14.5. The maximum atomic E-state index is 6.65. The summed E-state index contributed by atoms with van der Waals surface area (Å²) in [4.78, 5) is 2.27. The van der Waals surface area contributed by atoms with Crippen molar-refractivity contribution >= 4 is 50.4 Å². The Kier molecular flexibility index (Phi) is 5.48. The van der Waals surface area contributed by atoms with Crippen molar-refractivity contribution in [1.82, 2.24) is 0 Å². The summed E-state index contributed by atoms with van der Waals surface area (Å²) in [6.07, 6.45) is 0. The number of hydrogen-bond donors (Lipinski definition) is 1. The lowest BCUT2D eigenvalue weighted by atomic mass is 9.82. The molecule has 3 nitrogen and oxygen atoms in total. The van der Waals surface area contributed by atoms with Crippen LogP contribution in [0.2, 0.25) is 0 Å². The predicted molar refractivity (Wildman–Crippen MR) is 176 cm³/mol. The second-order valence-electron chi connectivity index (χ2n) is 11.5. The molecule has 0 saturated carbocycles. The molecule has 0 unspecified atom stereocenters. The van der Waals surface area contributed by atoms with Crippen LogP contribution < -0.4 is 10.2 Å². The molecule has 1 heterocycles. The van der Waals surface area contributed by atoms with Crippen LogP contribution in [0.4, 0.5) is 28.4 Å². The smallest absolute Gasteiger partial charge is 0.161 e. The first-order valence-electron chi connectivity index (χ1n) is 14.5. The largest absolute Gasteiger partial charge is 0.454 e. The third kappa shape index (κ3) is 3.74. The van der Waals surface area contributed by atoms with E-state index in [0.717, 1.165) is 50.4 Å². The van der Waals surface area contributed by atoms with Crippen molar-refractivity contribution in [3.8, 4) is 11.1 Å². The number of fused-ring (bicyclic) bond motifs is 6. The molecule has 202 valence electrons. The minimum atomic E-state index is -0.0585. The van der Waals surface area contributed by atoms with Crippen molar-refractivity contribution in [2.75, 3.05) is 10.2 Å². The predicted octanol–water partition coefficient (Wildman–Crippen LogP) is 11.1.